The number of nitrogens with one attached hydrogen (secondary N) is 1. The van der Waals surface area contributed by atoms with E-state index in [0.29, 0.717) is 0 Å². The molecule has 0 spiro atoms. The molecule has 0 aromatic heterocycles. The van der Waals surface area contributed by atoms with Gasteiger partial charge >= 0.3 is 0 Å². The highest BCUT2D eigenvalue weighted by Crippen LogP contribution is 2.28. The van der Waals surface area contributed by atoms with E-state index in [9.17, 15) is 5.11 Å². The lowest BCUT2D eigenvalue weighted by molar-refractivity contribution is 0.104. The number of halogens is 1. The maximum absolute atomic E-state index is 9.58. The lowest BCUT2D eigenvalue weighted by Gasteiger charge is -2.21. The molecule has 4 nitrogen and oxygen atoms in total. The van der Waals surface area contributed by atoms with Crippen LogP contribution in [0.25, 0.3) is 0 Å². The van der Waals surface area contributed by atoms with Crippen LogP contribution < -0.4 is 10.1 Å². The summed E-state index contributed by atoms with van der Waals surface area (Å²) in [5.74, 6) is 0.788. The van der Waals surface area contributed by atoms with Crippen molar-refractivity contribution in [3.05, 3.63) is 28.2 Å². The molecule has 1 heterocycles. The fourth-order valence-electron chi connectivity index (χ4n) is 2.27. The lowest BCUT2D eigenvalue weighted by Crippen LogP contribution is -2.32. The van der Waals surface area contributed by atoms with E-state index in [1.54, 1.807) is 7.11 Å². The summed E-state index contributed by atoms with van der Waals surface area (Å²) in [6.07, 6.45) is 2.47. The molecule has 19 heavy (non-hydrogen) atoms. The largest absolute Gasteiger partial charge is 0.497 e. The van der Waals surface area contributed by atoms with Crippen LogP contribution in [0.1, 0.15) is 24.4 Å². The molecular formula is C14H20BrNO3. The van der Waals surface area contributed by atoms with Crippen molar-refractivity contribution >= 4 is 15.9 Å². The van der Waals surface area contributed by atoms with Crippen molar-refractivity contribution in [3.63, 3.8) is 0 Å². The van der Waals surface area contributed by atoms with Gasteiger partial charge in [-0.05, 0) is 36.6 Å². The molecule has 106 valence electrons. The minimum atomic E-state index is -0.117. The normalized spacial score (nSPS) is 20.5. The Hall–Kier alpha value is -0.620. The minimum absolute atomic E-state index is 0.0402. The molecule has 0 amide bonds. The summed E-state index contributed by atoms with van der Waals surface area (Å²) in [7, 11) is 1.64. The van der Waals surface area contributed by atoms with Gasteiger partial charge < -0.3 is 19.9 Å². The van der Waals surface area contributed by atoms with E-state index in [2.05, 4.69) is 21.2 Å². The Bertz CT molecular complexity index is 408. The van der Waals surface area contributed by atoms with Gasteiger partial charge in [0.2, 0.25) is 0 Å². The highest BCUT2D eigenvalue weighted by atomic mass is 79.9. The van der Waals surface area contributed by atoms with Gasteiger partial charge in [0, 0.05) is 17.6 Å². The predicted molar refractivity (Wildman–Crippen MR) is 77.5 cm³/mol. The number of ether oxygens (including phenoxy) is 2. The third kappa shape index (κ3) is 3.92. The molecule has 2 rings (SSSR count). The average molecular weight is 330 g/mol. The Morgan fingerprint density at radius 3 is 3.05 bits per heavy atom. The maximum atomic E-state index is 9.58. The summed E-state index contributed by atoms with van der Waals surface area (Å²) >= 11 is 3.52. The molecule has 0 radical (unpaired) electrons. The SMILES string of the molecule is COc1ccc(Br)c(C(CO)NCC2CCCO2)c1. The van der Waals surface area contributed by atoms with Crippen LogP contribution in [0, 0.1) is 0 Å². The number of aliphatic hydroxyl groups is 1. The Balaban J connectivity index is 2.03. The zero-order valence-electron chi connectivity index (χ0n) is 11.1. The van der Waals surface area contributed by atoms with Gasteiger partial charge in [0.15, 0.2) is 0 Å². The summed E-state index contributed by atoms with van der Waals surface area (Å²) < 4.78 is 11.8. The minimum Gasteiger partial charge on any atom is -0.497 e. The van der Waals surface area contributed by atoms with Gasteiger partial charge in [-0.1, -0.05) is 15.9 Å². The third-order valence-electron chi connectivity index (χ3n) is 3.38. The second-order valence-electron chi connectivity index (χ2n) is 4.67. The topological polar surface area (TPSA) is 50.7 Å². The van der Waals surface area contributed by atoms with Crippen LogP contribution in [0.2, 0.25) is 0 Å². The first-order chi connectivity index (χ1) is 9.24. The summed E-state index contributed by atoms with van der Waals surface area (Å²) in [5, 5.41) is 12.9. The van der Waals surface area contributed by atoms with Gasteiger partial charge in [-0.25, -0.2) is 0 Å². The van der Waals surface area contributed by atoms with Crippen molar-refractivity contribution in [2.24, 2.45) is 0 Å². The number of methoxy groups -OCH3 is 1. The van der Waals surface area contributed by atoms with E-state index in [1.807, 2.05) is 18.2 Å². The van der Waals surface area contributed by atoms with E-state index in [0.717, 1.165) is 41.8 Å². The summed E-state index contributed by atoms with van der Waals surface area (Å²) in [6, 6.07) is 5.65. The molecular weight excluding hydrogens is 310 g/mol. The highest BCUT2D eigenvalue weighted by molar-refractivity contribution is 9.10. The Labute approximate surface area is 122 Å². The summed E-state index contributed by atoms with van der Waals surface area (Å²) in [6.45, 7) is 1.65. The van der Waals surface area contributed by atoms with Crippen LogP contribution in [0.15, 0.2) is 22.7 Å². The van der Waals surface area contributed by atoms with Crippen LogP contribution >= 0.6 is 15.9 Å². The van der Waals surface area contributed by atoms with Gasteiger partial charge in [-0.15, -0.1) is 0 Å². The molecule has 1 aromatic rings. The number of aliphatic hydroxyl groups excluding tert-OH is 1. The van der Waals surface area contributed by atoms with Crippen molar-refractivity contribution in [1.82, 2.24) is 5.32 Å². The van der Waals surface area contributed by atoms with E-state index < -0.39 is 0 Å². The highest BCUT2D eigenvalue weighted by Gasteiger charge is 2.19. The van der Waals surface area contributed by atoms with E-state index in [4.69, 9.17) is 9.47 Å². The standard InChI is InChI=1S/C14H20BrNO3/c1-18-10-4-5-13(15)12(7-10)14(9-17)16-8-11-3-2-6-19-11/h4-5,7,11,14,16-17H,2-3,6,8-9H2,1H3. The fourth-order valence-corrected chi connectivity index (χ4v) is 2.79. The van der Waals surface area contributed by atoms with Gasteiger partial charge in [0.05, 0.1) is 25.9 Å². The van der Waals surface area contributed by atoms with Crippen LogP contribution in [0.4, 0.5) is 0 Å². The third-order valence-corrected chi connectivity index (χ3v) is 4.10. The number of benzene rings is 1. The van der Waals surface area contributed by atoms with Crippen LogP contribution in [-0.2, 0) is 4.74 Å². The maximum Gasteiger partial charge on any atom is 0.119 e. The van der Waals surface area contributed by atoms with E-state index in [-0.39, 0.29) is 18.8 Å². The molecule has 2 N–H and O–H groups in total. The van der Waals surface area contributed by atoms with Gasteiger partial charge in [-0.2, -0.15) is 0 Å². The molecule has 1 fully saturated rings. The van der Waals surface area contributed by atoms with E-state index in [1.165, 1.54) is 0 Å². The number of hydrogen-bond acceptors (Lipinski definition) is 4. The second kappa shape index (κ2) is 7.24. The van der Waals surface area contributed by atoms with E-state index >= 15 is 0 Å². The molecule has 0 bridgehead atoms. The molecule has 1 saturated heterocycles. The zero-order chi connectivity index (χ0) is 13.7. The van der Waals surface area contributed by atoms with Gasteiger partial charge in [-0.3, -0.25) is 0 Å². The molecule has 2 unspecified atom stereocenters. The first kappa shape index (κ1) is 14.8. The van der Waals surface area contributed by atoms with Crippen LogP contribution in [0.3, 0.4) is 0 Å². The molecule has 0 saturated carbocycles. The van der Waals surface area contributed by atoms with Crippen molar-refractivity contribution in [1.29, 1.82) is 0 Å². The Morgan fingerprint density at radius 1 is 1.58 bits per heavy atom. The first-order valence-electron chi connectivity index (χ1n) is 6.54. The number of rotatable bonds is 6. The quantitative estimate of drug-likeness (QED) is 0.840. The van der Waals surface area contributed by atoms with Crippen LogP contribution in [0.5, 0.6) is 5.75 Å². The van der Waals surface area contributed by atoms with Crippen molar-refractivity contribution < 1.29 is 14.6 Å². The first-order valence-corrected chi connectivity index (χ1v) is 7.33. The molecule has 1 aliphatic rings. The zero-order valence-corrected chi connectivity index (χ0v) is 12.6. The lowest BCUT2D eigenvalue weighted by atomic mass is 10.1. The van der Waals surface area contributed by atoms with Crippen LogP contribution in [-0.4, -0.2) is 38.1 Å². The van der Waals surface area contributed by atoms with Gasteiger partial charge in [0.1, 0.15) is 5.75 Å². The van der Waals surface area contributed by atoms with Crippen molar-refractivity contribution in [3.8, 4) is 5.75 Å². The molecule has 0 aliphatic carbocycles. The Morgan fingerprint density at radius 2 is 2.42 bits per heavy atom. The molecule has 1 aliphatic heterocycles. The smallest absolute Gasteiger partial charge is 0.119 e. The molecule has 2 atom stereocenters. The predicted octanol–water partition coefficient (Wildman–Crippen LogP) is 2.26. The fraction of sp³-hybridized carbons (Fsp3) is 0.571. The molecule has 1 aromatic carbocycles. The summed E-state index contributed by atoms with van der Waals surface area (Å²) in [4.78, 5) is 0. The Kier molecular flexibility index (Phi) is 5.63. The summed E-state index contributed by atoms with van der Waals surface area (Å²) in [5.41, 5.74) is 1.000. The van der Waals surface area contributed by atoms with Gasteiger partial charge in [0.25, 0.3) is 0 Å². The monoisotopic (exact) mass is 329 g/mol. The second-order valence-corrected chi connectivity index (χ2v) is 5.52. The van der Waals surface area contributed by atoms with Crippen molar-refractivity contribution in [2.45, 2.75) is 25.0 Å². The average Bonchev–Trinajstić information content (AvgIpc) is 2.94. The number of hydrogen-bond donors (Lipinski definition) is 2. The van der Waals surface area contributed by atoms with Crippen molar-refractivity contribution in [2.75, 3.05) is 26.9 Å². The molecule has 5 heteroatoms.